The van der Waals surface area contributed by atoms with Crippen molar-refractivity contribution >= 4 is 53.4 Å². The molecule has 2 aliphatic heterocycles. The summed E-state index contributed by atoms with van der Waals surface area (Å²) in [6, 6.07) is 8.53. The molecule has 2 aromatic carbocycles. The molecule has 2 unspecified atom stereocenters. The highest BCUT2D eigenvalue weighted by Crippen LogP contribution is 2.51. The van der Waals surface area contributed by atoms with Gasteiger partial charge in [0.2, 0.25) is 5.69 Å². The standard InChI is InChI=1S/C46H66N2O17S3/c1-45(19-11-33-66(51,52)53)38-34-36(67(54,55)56)16-18-41(38)48(22-24-62-27-28-64-31-32-65-30-29-63-26-25-61-4)42(45)12-7-5-8-13-43-46(2,20-23-60-3)39-35-37(68(57,58)59)15-17-40(39)47(43)21-10-6-9-14-44(49)50/h5,7-8,12-13,15-18,34-35H,6,9-11,14,19-33H2,1-4H3,(H3-,49,50,51,52,53,54,55,56,57,58,59). The number of rotatable bonds is 33. The molecule has 0 amide bonds. The summed E-state index contributed by atoms with van der Waals surface area (Å²) >= 11 is 0. The summed E-state index contributed by atoms with van der Waals surface area (Å²) in [7, 11) is -10.6. The topological polar surface area (TPSA) is 265 Å². The molecule has 2 aliphatic rings. The van der Waals surface area contributed by atoms with Crippen LogP contribution in [0.25, 0.3) is 0 Å². The second-order valence-electron chi connectivity index (χ2n) is 16.7. The molecule has 0 saturated heterocycles. The fourth-order valence-corrected chi connectivity index (χ4v) is 9.95. The molecule has 2 atom stereocenters. The van der Waals surface area contributed by atoms with Crippen LogP contribution in [0.15, 0.2) is 82.3 Å². The zero-order valence-corrected chi connectivity index (χ0v) is 41.6. The van der Waals surface area contributed by atoms with Crippen LogP contribution >= 0.6 is 0 Å². The van der Waals surface area contributed by atoms with Crippen LogP contribution in [0, 0.1) is 0 Å². The number of carboxylic acid groups (broad SMARTS) is 1. The molecule has 0 saturated carbocycles. The number of ether oxygens (including phenoxy) is 6. The van der Waals surface area contributed by atoms with Crippen molar-refractivity contribution in [1.82, 2.24) is 0 Å². The van der Waals surface area contributed by atoms with Crippen molar-refractivity contribution in [2.45, 2.75) is 79.4 Å². The molecule has 2 aromatic rings. The number of allylic oxidation sites excluding steroid dienone is 6. The third-order valence-corrected chi connectivity index (χ3v) is 14.4. The third-order valence-electron chi connectivity index (χ3n) is 11.9. The predicted octanol–water partition coefficient (Wildman–Crippen LogP) is 5.03. The minimum Gasteiger partial charge on any atom is -0.744 e. The van der Waals surface area contributed by atoms with Gasteiger partial charge >= 0.3 is 5.97 Å². The number of unbranched alkanes of at least 4 members (excludes halogenated alkanes) is 2. The summed E-state index contributed by atoms with van der Waals surface area (Å²) in [5.74, 6) is -1.43. The number of hydrogen-bond acceptors (Lipinski definition) is 15. The number of benzene rings is 2. The molecule has 22 heteroatoms. The summed E-state index contributed by atoms with van der Waals surface area (Å²) in [5, 5.41) is 9.16. The Morgan fingerprint density at radius 3 is 1.90 bits per heavy atom. The average molecular weight is 1020 g/mol. The lowest BCUT2D eigenvalue weighted by molar-refractivity contribution is -0.442. The van der Waals surface area contributed by atoms with Crippen LogP contribution in [0.5, 0.6) is 0 Å². The van der Waals surface area contributed by atoms with Crippen molar-refractivity contribution in [3.63, 3.8) is 0 Å². The molecule has 380 valence electrons. The van der Waals surface area contributed by atoms with Crippen molar-refractivity contribution in [2.75, 3.05) is 104 Å². The van der Waals surface area contributed by atoms with Crippen LogP contribution in [0.2, 0.25) is 0 Å². The number of hydrogen-bond donors (Lipinski definition) is 3. The van der Waals surface area contributed by atoms with Gasteiger partial charge in [-0.15, -0.1) is 0 Å². The number of carboxylic acids is 1. The van der Waals surface area contributed by atoms with E-state index in [1.54, 1.807) is 44.6 Å². The van der Waals surface area contributed by atoms with E-state index in [0.717, 1.165) is 5.70 Å². The van der Waals surface area contributed by atoms with Crippen molar-refractivity contribution in [3.05, 3.63) is 83.6 Å². The molecule has 3 N–H and O–H groups in total. The number of nitrogens with zero attached hydrogens (tertiary/aromatic N) is 2. The molecule has 4 rings (SSSR count). The summed E-state index contributed by atoms with van der Waals surface area (Å²) in [6.07, 6.45) is 11.4. The minimum atomic E-state index is -4.78. The Kier molecular flexibility index (Phi) is 22.0. The lowest BCUT2D eigenvalue weighted by Gasteiger charge is -2.30. The Balaban J connectivity index is 1.66. The number of carbonyl (C=O) groups is 1. The lowest BCUT2D eigenvalue weighted by atomic mass is 9.76. The number of anilines is 1. The maximum atomic E-state index is 12.4. The number of fused-ring (bicyclic) bond motifs is 2. The van der Waals surface area contributed by atoms with Crippen molar-refractivity contribution in [3.8, 4) is 0 Å². The maximum Gasteiger partial charge on any atom is 0.303 e. The van der Waals surface area contributed by atoms with E-state index in [0.29, 0.717) is 113 Å². The quantitative estimate of drug-likeness (QED) is 0.0366. The van der Waals surface area contributed by atoms with Crippen LogP contribution in [-0.2, 0) is 74.4 Å². The van der Waals surface area contributed by atoms with Gasteiger partial charge in [-0.3, -0.25) is 13.9 Å². The van der Waals surface area contributed by atoms with E-state index in [9.17, 15) is 43.7 Å². The second-order valence-corrected chi connectivity index (χ2v) is 21.1. The van der Waals surface area contributed by atoms with E-state index >= 15 is 0 Å². The van der Waals surface area contributed by atoms with Crippen molar-refractivity contribution in [2.24, 2.45) is 0 Å². The average Bonchev–Trinajstić information content (AvgIpc) is 3.63. The fourth-order valence-electron chi connectivity index (χ4n) is 8.44. The summed E-state index contributed by atoms with van der Waals surface area (Å²) in [4.78, 5) is 12.5. The highest BCUT2D eigenvalue weighted by atomic mass is 32.2. The van der Waals surface area contributed by atoms with Gasteiger partial charge in [0.05, 0.1) is 73.8 Å². The molecule has 0 aliphatic carbocycles. The zero-order valence-electron chi connectivity index (χ0n) is 39.2. The molecule has 0 fully saturated rings. The molecular weight excluding hydrogens is 949 g/mol. The second kappa shape index (κ2) is 26.3. The summed E-state index contributed by atoms with van der Waals surface area (Å²) < 4.78 is 139. The first-order valence-electron chi connectivity index (χ1n) is 22.3. The van der Waals surface area contributed by atoms with Gasteiger partial charge in [0.1, 0.15) is 16.7 Å². The molecule has 0 spiro atoms. The van der Waals surface area contributed by atoms with Gasteiger partial charge < -0.3 is 43.0 Å². The van der Waals surface area contributed by atoms with Crippen molar-refractivity contribution < 1.29 is 81.8 Å². The van der Waals surface area contributed by atoms with Crippen LogP contribution in [-0.4, -0.2) is 159 Å². The van der Waals surface area contributed by atoms with E-state index < -0.39 is 52.9 Å². The summed E-state index contributed by atoms with van der Waals surface area (Å²) in [5.41, 5.74) is 2.07. The van der Waals surface area contributed by atoms with Gasteiger partial charge in [-0.2, -0.15) is 21.4 Å². The van der Waals surface area contributed by atoms with E-state index in [4.69, 9.17) is 33.5 Å². The molecule has 0 radical (unpaired) electrons. The van der Waals surface area contributed by atoms with Crippen LogP contribution < -0.4 is 4.90 Å². The smallest absolute Gasteiger partial charge is 0.303 e. The van der Waals surface area contributed by atoms with Gasteiger partial charge in [0, 0.05) is 68.3 Å². The maximum absolute atomic E-state index is 12.4. The van der Waals surface area contributed by atoms with Crippen molar-refractivity contribution in [1.29, 1.82) is 0 Å². The highest BCUT2D eigenvalue weighted by molar-refractivity contribution is 7.86. The predicted molar refractivity (Wildman–Crippen MR) is 252 cm³/mol. The number of methoxy groups -OCH3 is 2. The highest BCUT2D eigenvalue weighted by Gasteiger charge is 2.48. The zero-order chi connectivity index (χ0) is 50.0. The summed E-state index contributed by atoms with van der Waals surface area (Å²) in [6.45, 7) is 8.19. The van der Waals surface area contributed by atoms with Gasteiger partial charge in [-0.25, -0.2) is 8.42 Å². The minimum absolute atomic E-state index is 0.0124. The van der Waals surface area contributed by atoms with E-state index in [2.05, 4.69) is 0 Å². The third kappa shape index (κ3) is 16.3. The Bertz CT molecular complexity index is 2470. The molecule has 2 heterocycles. The Hall–Kier alpha value is -3.91. The first-order valence-corrected chi connectivity index (χ1v) is 26.8. The van der Waals surface area contributed by atoms with E-state index in [1.165, 1.54) is 24.3 Å². The first-order chi connectivity index (χ1) is 32.2. The molecular formula is C46H66N2O17S3. The van der Waals surface area contributed by atoms with Crippen LogP contribution in [0.1, 0.15) is 69.9 Å². The molecule has 19 nitrogen and oxygen atoms in total. The van der Waals surface area contributed by atoms with Crippen LogP contribution in [0.3, 0.4) is 0 Å². The molecule has 0 bridgehead atoms. The Labute approximate surface area is 400 Å². The van der Waals surface area contributed by atoms with Gasteiger partial charge in [0.15, 0.2) is 12.3 Å². The SMILES string of the molecule is COCCOCCOCCOCCOCC[N+]1=C(/C=C/C=C/C=C2/N(CCCCCC(=O)O)c3ccc(S(=O)(=O)[O-])cc3C2(C)CCOC)C(C)(CCCS(=O)(=O)O)c2cc(S(=O)(=O)O)ccc21. The Morgan fingerprint density at radius 2 is 1.31 bits per heavy atom. The Morgan fingerprint density at radius 1 is 0.706 bits per heavy atom. The fraction of sp³-hybridized carbons (Fsp3) is 0.565. The first kappa shape index (κ1) is 56.7. The van der Waals surface area contributed by atoms with Gasteiger partial charge in [-0.1, -0.05) is 24.6 Å². The molecule has 68 heavy (non-hydrogen) atoms. The number of aliphatic carboxylic acids is 1. The van der Waals surface area contributed by atoms with Crippen LogP contribution in [0.4, 0.5) is 11.4 Å². The van der Waals surface area contributed by atoms with E-state index in [1.807, 2.05) is 35.5 Å². The normalized spacial score (nSPS) is 19.3. The largest absolute Gasteiger partial charge is 0.744 e. The van der Waals surface area contributed by atoms with Gasteiger partial charge in [0.25, 0.3) is 20.2 Å². The van der Waals surface area contributed by atoms with Gasteiger partial charge in [-0.05, 0) is 87.9 Å². The lowest BCUT2D eigenvalue weighted by Crippen LogP contribution is -2.32. The monoisotopic (exact) mass is 1010 g/mol. The van der Waals surface area contributed by atoms with E-state index in [-0.39, 0.29) is 48.8 Å². The molecule has 0 aromatic heterocycles.